The Morgan fingerprint density at radius 3 is 2.69 bits per heavy atom. The summed E-state index contributed by atoms with van der Waals surface area (Å²) in [7, 11) is 1.51. The van der Waals surface area contributed by atoms with Gasteiger partial charge in [-0.2, -0.15) is 0 Å². The quantitative estimate of drug-likeness (QED) is 0.225. The van der Waals surface area contributed by atoms with E-state index in [-0.39, 0.29) is 31.1 Å². The van der Waals surface area contributed by atoms with E-state index in [4.69, 9.17) is 9.47 Å². The standard InChI is InChI=1S/C24H20FN3O6S/c1-33-11-10-27(24(29)30)14-16-5-3-6-19(26-16)22-12-15-4-2-7-21(23(15)35-22)34-20-9-8-17(28(31)32)13-18(20)25/h2-9,12-13H,10-11,14H2,1H3,(H,29,30). The summed E-state index contributed by atoms with van der Waals surface area (Å²) in [6.45, 7) is 0.617. The van der Waals surface area contributed by atoms with Crippen molar-refractivity contribution >= 4 is 33.2 Å². The second-order valence-corrected chi connectivity index (χ2v) is 8.52. The molecule has 0 saturated carbocycles. The Morgan fingerprint density at radius 2 is 1.97 bits per heavy atom. The first-order chi connectivity index (χ1) is 16.9. The van der Waals surface area contributed by atoms with Crippen molar-refractivity contribution in [2.24, 2.45) is 0 Å². The summed E-state index contributed by atoms with van der Waals surface area (Å²) >= 11 is 1.39. The van der Waals surface area contributed by atoms with E-state index in [9.17, 15) is 24.4 Å². The number of ether oxygens (including phenoxy) is 2. The molecule has 0 atom stereocenters. The lowest BCUT2D eigenvalue weighted by atomic mass is 10.2. The first-order valence-corrected chi connectivity index (χ1v) is 11.2. The normalized spacial score (nSPS) is 10.9. The van der Waals surface area contributed by atoms with Crippen molar-refractivity contribution in [3.8, 4) is 22.1 Å². The number of nitro groups is 1. The molecule has 0 fully saturated rings. The van der Waals surface area contributed by atoms with Gasteiger partial charge >= 0.3 is 6.09 Å². The summed E-state index contributed by atoms with van der Waals surface area (Å²) < 4.78 is 25.8. The average Bonchev–Trinajstić information content (AvgIpc) is 3.28. The van der Waals surface area contributed by atoms with E-state index >= 15 is 0 Å². The number of hydrogen-bond acceptors (Lipinski definition) is 7. The van der Waals surface area contributed by atoms with Crippen molar-refractivity contribution in [3.05, 3.63) is 82.3 Å². The number of hydrogen-bond donors (Lipinski definition) is 1. The molecule has 2 heterocycles. The van der Waals surface area contributed by atoms with Crippen LogP contribution < -0.4 is 4.74 Å². The lowest BCUT2D eigenvalue weighted by Gasteiger charge is -2.18. The molecule has 9 nitrogen and oxygen atoms in total. The van der Waals surface area contributed by atoms with Crippen molar-refractivity contribution in [2.75, 3.05) is 20.3 Å². The molecular formula is C24H20FN3O6S. The Kier molecular flexibility index (Phi) is 7.18. The van der Waals surface area contributed by atoms with E-state index in [1.54, 1.807) is 18.2 Å². The number of methoxy groups -OCH3 is 1. The van der Waals surface area contributed by atoms with E-state index in [0.29, 0.717) is 17.1 Å². The Balaban J connectivity index is 1.62. The maximum atomic E-state index is 14.4. The van der Waals surface area contributed by atoms with Gasteiger partial charge in [-0.3, -0.25) is 15.1 Å². The zero-order chi connectivity index (χ0) is 24.9. The van der Waals surface area contributed by atoms with Crippen LogP contribution in [0.15, 0.2) is 60.7 Å². The van der Waals surface area contributed by atoms with Gasteiger partial charge in [0, 0.05) is 19.7 Å². The number of amides is 1. The van der Waals surface area contributed by atoms with E-state index in [1.165, 1.54) is 35.5 Å². The molecule has 4 rings (SSSR count). The van der Waals surface area contributed by atoms with Crippen LogP contribution in [-0.4, -0.2) is 46.3 Å². The number of nitro benzene ring substituents is 1. The van der Waals surface area contributed by atoms with Crippen molar-refractivity contribution in [3.63, 3.8) is 0 Å². The SMILES string of the molecule is COCCN(Cc1cccc(-c2cc3cccc(Oc4ccc([N+](=O)[O-])cc4F)c3s2)n1)C(=O)O. The molecule has 0 aliphatic heterocycles. The van der Waals surface area contributed by atoms with Gasteiger partial charge in [0.1, 0.15) is 5.75 Å². The van der Waals surface area contributed by atoms with E-state index in [1.807, 2.05) is 24.3 Å². The summed E-state index contributed by atoms with van der Waals surface area (Å²) in [6, 6.07) is 15.9. The third kappa shape index (κ3) is 5.53. The Hall–Kier alpha value is -4.09. The van der Waals surface area contributed by atoms with Crippen LogP contribution in [0.5, 0.6) is 11.5 Å². The minimum atomic E-state index is -1.06. The zero-order valence-electron chi connectivity index (χ0n) is 18.5. The molecule has 180 valence electrons. The van der Waals surface area contributed by atoms with Crippen molar-refractivity contribution in [2.45, 2.75) is 6.54 Å². The maximum absolute atomic E-state index is 14.4. The monoisotopic (exact) mass is 497 g/mol. The van der Waals surface area contributed by atoms with Crippen LogP contribution >= 0.6 is 11.3 Å². The third-order valence-corrected chi connectivity index (χ3v) is 6.29. The van der Waals surface area contributed by atoms with Gasteiger partial charge in [-0.1, -0.05) is 18.2 Å². The number of pyridine rings is 1. The van der Waals surface area contributed by atoms with Gasteiger partial charge in [-0.05, 0) is 35.7 Å². The van der Waals surface area contributed by atoms with E-state index in [0.717, 1.165) is 21.0 Å². The van der Waals surface area contributed by atoms with Crippen LogP contribution in [0.4, 0.5) is 14.9 Å². The van der Waals surface area contributed by atoms with Gasteiger partial charge < -0.3 is 19.5 Å². The molecule has 0 aliphatic rings. The average molecular weight is 498 g/mol. The largest absolute Gasteiger partial charge is 0.465 e. The second-order valence-electron chi connectivity index (χ2n) is 7.47. The van der Waals surface area contributed by atoms with Gasteiger partial charge in [0.2, 0.25) is 0 Å². The summed E-state index contributed by atoms with van der Waals surface area (Å²) in [5.41, 5.74) is 0.886. The summed E-state index contributed by atoms with van der Waals surface area (Å²) in [4.78, 5) is 28.4. The number of nitrogens with zero attached hydrogens (tertiary/aromatic N) is 3. The Bertz CT molecular complexity index is 1390. The lowest BCUT2D eigenvalue weighted by Crippen LogP contribution is -2.32. The molecule has 4 aromatic rings. The molecule has 0 spiro atoms. The first kappa shape index (κ1) is 24.0. The highest BCUT2D eigenvalue weighted by Gasteiger charge is 2.17. The number of aromatic nitrogens is 1. The first-order valence-electron chi connectivity index (χ1n) is 10.4. The number of benzene rings is 2. The third-order valence-electron chi connectivity index (χ3n) is 5.10. The smallest absolute Gasteiger partial charge is 0.407 e. The molecule has 0 aliphatic carbocycles. The minimum Gasteiger partial charge on any atom is -0.465 e. The number of carboxylic acid groups (broad SMARTS) is 1. The predicted molar refractivity (Wildman–Crippen MR) is 128 cm³/mol. The summed E-state index contributed by atoms with van der Waals surface area (Å²) in [5, 5.41) is 21.1. The van der Waals surface area contributed by atoms with Crippen LogP contribution in [0.3, 0.4) is 0 Å². The minimum absolute atomic E-state index is 0.116. The van der Waals surface area contributed by atoms with Crippen molar-refractivity contribution in [1.82, 2.24) is 9.88 Å². The van der Waals surface area contributed by atoms with Gasteiger partial charge in [-0.15, -0.1) is 11.3 Å². The zero-order valence-corrected chi connectivity index (χ0v) is 19.3. The Morgan fingerprint density at radius 1 is 1.17 bits per heavy atom. The van der Waals surface area contributed by atoms with Gasteiger partial charge in [0.05, 0.1) is 45.1 Å². The molecule has 1 N–H and O–H groups in total. The molecular weight excluding hydrogens is 477 g/mol. The van der Waals surface area contributed by atoms with Crippen molar-refractivity contribution < 1.29 is 28.7 Å². The topological polar surface area (TPSA) is 115 Å². The van der Waals surface area contributed by atoms with Crippen LogP contribution in [0.25, 0.3) is 20.7 Å². The molecule has 0 radical (unpaired) electrons. The van der Waals surface area contributed by atoms with Gasteiger partial charge in [0.25, 0.3) is 5.69 Å². The number of rotatable bonds is 9. The number of halogens is 1. The molecule has 0 bridgehead atoms. The molecule has 2 aromatic heterocycles. The molecule has 35 heavy (non-hydrogen) atoms. The number of non-ortho nitro benzene ring substituents is 1. The number of carbonyl (C=O) groups is 1. The van der Waals surface area contributed by atoms with Crippen molar-refractivity contribution in [1.29, 1.82) is 0 Å². The maximum Gasteiger partial charge on any atom is 0.407 e. The highest BCUT2D eigenvalue weighted by atomic mass is 32.1. The van der Waals surface area contributed by atoms with Crippen LogP contribution in [0.1, 0.15) is 5.69 Å². The van der Waals surface area contributed by atoms with Crippen LogP contribution in [-0.2, 0) is 11.3 Å². The van der Waals surface area contributed by atoms with Gasteiger partial charge in [0.15, 0.2) is 11.6 Å². The van der Waals surface area contributed by atoms with E-state index in [2.05, 4.69) is 4.98 Å². The fourth-order valence-electron chi connectivity index (χ4n) is 3.39. The fourth-order valence-corrected chi connectivity index (χ4v) is 4.47. The summed E-state index contributed by atoms with van der Waals surface area (Å²) in [6.07, 6.45) is -1.06. The second kappa shape index (κ2) is 10.5. The number of thiophene rings is 1. The summed E-state index contributed by atoms with van der Waals surface area (Å²) in [5.74, 6) is -0.555. The highest BCUT2D eigenvalue weighted by molar-refractivity contribution is 7.22. The lowest BCUT2D eigenvalue weighted by molar-refractivity contribution is -0.385. The fraction of sp³-hybridized carbons (Fsp3) is 0.167. The molecule has 1 amide bonds. The number of fused-ring (bicyclic) bond motifs is 1. The predicted octanol–water partition coefficient (Wildman–Crippen LogP) is 5.93. The van der Waals surface area contributed by atoms with Crippen LogP contribution in [0.2, 0.25) is 0 Å². The molecule has 2 aromatic carbocycles. The van der Waals surface area contributed by atoms with Crippen LogP contribution in [0, 0.1) is 15.9 Å². The molecule has 0 saturated heterocycles. The van der Waals surface area contributed by atoms with E-state index < -0.39 is 16.8 Å². The highest BCUT2D eigenvalue weighted by Crippen LogP contribution is 2.40. The molecule has 11 heteroatoms. The molecule has 0 unspecified atom stereocenters. The Labute approximate surface area is 203 Å². The van der Waals surface area contributed by atoms with Gasteiger partial charge in [-0.25, -0.2) is 9.18 Å².